The first-order valence-electron chi connectivity index (χ1n) is 17.0. The summed E-state index contributed by atoms with van der Waals surface area (Å²) in [6.07, 6.45) is 1.22. The number of aromatic nitrogens is 4. The predicted molar refractivity (Wildman–Crippen MR) is 187 cm³/mol. The van der Waals surface area contributed by atoms with Crippen LogP contribution >= 0.6 is 0 Å². The second kappa shape index (κ2) is 12.8. The van der Waals surface area contributed by atoms with E-state index in [9.17, 15) is 14.4 Å². The van der Waals surface area contributed by atoms with E-state index in [1.165, 1.54) is 12.0 Å². The molecular formula is C38H45N5O5. The second-order valence-electron chi connectivity index (χ2n) is 12.9. The molecule has 10 nitrogen and oxygen atoms in total. The third-order valence-corrected chi connectivity index (χ3v) is 10.4. The van der Waals surface area contributed by atoms with Crippen molar-refractivity contribution in [2.75, 3.05) is 20.3 Å². The van der Waals surface area contributed by atoms with E-state index in [-0.39, 0.29) is 48.7 Å². The van der Waals surface area contributed by atoms with Gasteiger partial charge in [0.25, 0.3) is 11.8 Å². The summed E-state index contributed by atoms with van der Waals surface area (Å²) in [6, 6.07) is 6.09. The van der Waals surface area contributed by atoms with E-state index < -0.39 is 0 Å². The number of imide groups is 1. The van der Waals surface area contributed by atoms with Gasteiger partial charge in [0.2, 0.25) is 0 Å². The van der Waals surface area contributed by atoms with Gasteiger partial charge in [-0.15, -0.1) is 0 Å². The first-order chi connectivity index (χ1) is 22.9. The highest BCUT2D eigenvalue weighted by atomic mass is 16.5. The molecule has 0 saturated carbocycles. The number of esters is 1. The van der Waals surface area contributed by atoms with Crippen LogP contribution in [0.2, 0.25) is 0 Å². The topological polar surface area (TPSA) is 130 Å². The highest BCUT2D eigenvalue weighted by Crippen LogP contribution is 2.45. The van der Waals surface area contributed by atoms with Crippen LogP contribution in [-0.4, -0.2) is 69.0 Å². The number of nitrogens with zero attached hydrogens (tertiary/aromatic N) is 3. The lowest BCUT2D eigenvalue weighted by atomic mass is 9.84. The molecular weight excluding hydrogens is 606 g/mol. The van der Waals surface area contributed by atoms with E-state index >= 15 is 0 Å². The third kappa shape index (κ3) is 5.26. The molecule has 6 heterocycles. The van der Waals surface area contributed by atoms with Crippen molar-refractivity contribution >= 4 is 51.1 Å². The zero-order valence-corrected chi connectivity index (χ0v) is 29.4. The van der Waals surface area contributed by atoms with Gasteiger partial charge in [-0.1, -0.05) is 13.8 Å². The number of amides is 2. The third-order valence-electron chi connectivity index (χ3n) is 10.4. The molecule has 8 bridgehead atoms. The van der Waals surface area contributed by atoms with Gasteiger partial charge in [-0.05, 0) is 94.9 Å². The molecule has 252 valence electrons. The Balaban J connectivity index is 1.78. The number of H-pyrrole nitrogens is 2. The zero-order valence-electron chi connectivity index (χ0n) is 29.4. The van der Waals surface area contributed by atoms with Crippen LogP contribution < -0.4 is 0 Å². The fraction of sp³-hybridized carbons (Fsp3) is 0.447. The van der Waals surface area contributed by atoms with E-state index in [4.69, 9.17) is 19.4 Å². The second-order valence-corrected chi connectivity index (χ2v) is 12.9. The maximum Gasteiger partial charge on any atom is 0.305 e. The molecule has 0 aliphatic carbocycles. The van der Waals surface area contributed by atoms with Gasteiger partial charge in [-0.2, -0.15) is 0 Å². The van der Waals surface area contributed by atoms with E-state index in [0.717, 1.165) is 68.3 Å². The molecule has 48 heavy (non-hydrogen) atoms. The molecule has 3 atom stereocenters. The van der Waals surface area contributed by atoms with E-state index in [1.54, 1.807) is 0 Å². The minimum absolute atomic E-state index is 0.0941. The summed E-state index contributed by atoms with van der Waals surface area (Å²) >= 11 is 0. The fourth-order valence-corrected chi connectivity index (χ4v) is 7.68. The molecule has 0 spiro atoms. The molecule has 2 N–H and O–H groups in total. The summed E-state index contributed by atoms with van der Waals surface area (Å²) in [5, 5.41) is 0. The number of aromatic amines is 2. The zero-order chi connectivity index (χ0) is 34.6. The van der Waals surface area contributed by atoms with Crippen molar-refractivity contribution in [2.24, 2.45) is 0 Å². The van der Waals surface area contributed by atoms with Crippen LogP contribution in [0.25, 0.3) is 33.3 Å². The van der Waals surface area contributed by atoms with Gasteiger partial charge in [0.15, 0.2) is 0 Å². The van der Waals surface area contributed by atoms with Gasteiger partial charge < -0.3 is 19.4 Å². The van der Waals surface area contributed by atoms with Crippen LogP contribution in [0.3, 0.4) is 0 Å². The molecule has 4 aliphatic heterocycles. The predicted octanol–water partition coefficient (Wildman–Crippen LogP) is 7.50. The Kier molecular flexibility index (Phi) is 8.89. The number of nitrogens with one attached hydrogen (secondary N) is 2. The average Bonchev–Trinajstić information content (AvgIpc) is 3.73. The number of methoxy groups -OCH3 is 1. The van der Waals surface area contributed by atoms with Crippen molar-refractivity contribution in [3.8, 4) is 0 Å². The van der Waals surface area contributed by atoms with Gasteiger partial charge in [0.05, 0.1) is 52.6 Å². The summed E-state index contributed by atoms with van der Waals surface area (Å²) in [5.74, 6) is -1.32. The first-order valence-corrected chi connectivity index (χ1v) is 17.0. The quantitative estimate of drug-likeness (QED) is 0.223. The lowest BCUT2D eigenvalue weighted by Crippen LogP contribution is -2.40. The number of hydrogen-bond acceptors (Lipinski definition) is 7. The minimum Gasteiger partial charge on any atom is -0.469 e. The van der Waals surface area contributed by atoms with Crippen LogP contribution in [0.5, 0.6) is 0 Å². The van der Waals surface area contributed by atoms with Crippen molar-refractivity contribution < 1.29 is 23.9 Å². The van der Waals surface area contributed by atoms with E-state index in [0.29, 0.717) is 35.4 Å². The summed E-state index contributed by atoms with van der Waals surface area (Å²) in [6.45, 7) is 16.9. The van der Waals surface area contributed by atoms with Crippen LogP contribution in [0, 0.1) is 6.92 Å². The lowest BCUT2D eigenvalue weighted by Gasteiger charge is -2.26. The molecule has 6 rings (SSSR count). The maximum absolute atomic E-state index is 14.3. The number of hydrogen-bond donors (Lipinski definition) is 2. The Bertz CT molecular complexity index is 2000. The van der Waals surface area contributed by atoms with Crippen LogP contribution in [0.4, 0.5) is 0 Å². The lowest BCUT2D eigenvalue weighted by molar-refractivity contribution is -0.140. The van der Waals surface area contributed by atoms with Gasteiger partial charge >= 0.3 is 5.97 Å². The van der Waals surface area contributed by atoms with E-state index in [2.05, 4.69) is 43.7 Å². The number of rotatable bonds is 8. The number of aryl methyl sites for hydroxylation is 1. The average molecular weight is 652 g/mol. The number of allylic oxidation sites excluding steroid dienone is 3. The molecule has 2 amide bonds. The number of fused-ring (bicyclic) bond motifs is 8. The van der Waals surface area contributed by atoms with Crippen molar-refractivity contribution in [2.45, 2.75) is 92.6 Å². The Morgan fingerprint density at radius 1 is 0.938 bits per heavy atom. The molecule has 2 aromatic rings. The van der Waals surface area contributed by atoms with Crippen LogP contribution in [-0.2, 0) is 14.3 Å². The summed E-state index contributed by atoms with van der Waals surface area (Å²) in [5.41, 5.74) is 11.9. The Morgan fingerprint density at radius 2 is 1.62 bits per heavy atom. The summed E-state index contributed by atoms with van der Waals surface area (Å²) in [4.78, 5) is 59.2. The number of ether oxygens (including phenoxy) is 2. The highest BCUT2D eigenvalue weighted by molar-refractivity contribution is 6.23. The fourth-order valence-electron chi connectivity index (χ4n) is 7.68. The molecule has 2 aromatic heterocycles. The maximum atomic E-state index is 14.3. The van der Waals surface area contributed by atoms with Crippen molar-refractivity contribution in [1.29, 1.82) is 0 Å². The Labute approximate surface area is 281 Å². The van der Waals surface area contributed by atoms with Crippen LogP contribution in [0.15, 0.2) is 18.2 Å². The van der Waals surface area contributed by atoms with Crippen molar-refractivity contribution in [3.05, 3.63) is 69.1 Å². The van der Waals surface area contributed by atoms with Gasteiger partial charge in [-0.3, -0.25) is 19.3 Å². The van der Waals surface area contributed by atoms with Gasteiger partial charge in [0, 0.05) is 53.9 Å². The van der Waals surface area contributed by atoms with Crippen molar-refractivity contribution in [3.63, 3.8) is 0 Å². The molecule has 0 saturated heterocycles. The molecule has 0 fully saturated rings. The number of carbonyl (C=O) groups excluding carboxylic acids is 3. The Morgan fingerprint density at radius 3 is 2.29 bits per heavy atom. The SMILES string of the molecule is CCOC(C)C1=C(C)c2cc3[nH]c(c4c5[nH]c(cc6nc(cc1n2)C(C)=C6CC)c(C)c5C(=O)N(CC)C4=O)[C@@H](CCC(=O)OC)[C@@H]3C. The van der Waals surface area contributed by atoms with Crippen molar-refractivity contribution in [1.82, 2.24) is 24.8 Å². The first kappa shape index (κ1) is 33.3. The molecule has 1 unspecified atom stereocenters. The van der Waals surface area contributed by atoms with Gasteiger partial charge in [0.1, 0.15) is 0 Å². The molecule has 10 heteroatoms. The smallest absolute Gasteiger partial charge is 0.305 e. The van der Waals surface area contributed by atoms with Crippen LogP contribution in [0.1, 0.15) is 140 Å². The minimum atomic E-state index is -0.367. The molecule has 0 radical (unpaired) electrons. The largest absolute Gasteiger partial charge is 0.469 e. The Hall–Kier alpha value is -4.57. The number of carbonyl (C=O) groups is 3. The van der Waals surface area contributed by atoms with E-state index in [1.807, 2.05) is 39.8 Å². The highest BCUT2D eigenvalue weighted by Gasteiger charge is 2.40. The molecule has 0 aromatic carbocycles. The van der Waals surface area contributed by atoms with Gasteiger partial charge in [-0.25, -0.2) is 9.97 Å². The molecule has 4 aliphatic rings. The normalized spacial score (nSPS) is 18.9. The summed E-state index contributed by atoms with van der Waals surface area (Å²) < 4.78 is 11.1. The summed E-state index contributed by atoms with van der Waals surface area (Å²) in [7, 11) is 1.38. The standard InChI is InChI=1S/C38H45N5O5/c1-10-23-18(4)25-17-30-32(22(8)48-12-3)20(6)27(40-30)15-26-19(5)24(13-14-31(44)47-9)35(41-26)34-36-33(37(45)43(11-2)38(34)46)21(7)28(42-36)16-29(23)39-25/h15-17,19,22,24,41-42H,10-14H2,1-9H3/t19-,22?,24-/m0/s1. The monoisotopic (exact) mass is 651 g/mol.